The lowest BCUT2D eigenvalue weighted by atomic mass is 9.74. The van der Waals surface area contributed by atoms with Gasteiger partial charge in [0.1, 0.15) is 6.17 Å². The van der Waals surface area contributed by atoms with Gasteiger partial charge in [-0.2, -0.15) is 0 Å². The SMILES string of the molecule is CC(C)[C@]1(C(=O)N2C[C@@H]3C[C@H]2CN3C(=O)C2CCC2)CC[C@@H](NC2CCOCC2F)C1. The van der Waals surface area contributed by atoms with Crippen molar-refractivity contribution in [3.63, 3.8) is 0 Å². The number of amides is 2. The zero-order valence-electron chi connectivity index (χ0n) is 19.0. The fourth-order valence-electron chi connectivity index (χ4n) is 6.74. The molecular formula is C24H38FN3O3. The number of fused-ring (bicyclic) bond motifs is 2. The van der Waals surface area contributed by atoms with Crippen molar-refractivity contribution >= 4 is 11.8 Å². The zero-order valence-corrected chi connectivity index (χ0v) is 19.0. The van der Waals surface area contributed by atoms with Crippen LogP contribution in [0.1, 0.15) is 65.2 Å². The number of piperazine rings is 1. The summed E-state index contributed by atoms with van der Waals surface area (Å²) in [6.45, 7) is 6.51. The number of rotatable bonds is 5. The Morgan fingerprint density at radius 3 is 2.45 bits per heavy atom. The number of halogens is 1. The minimum Gasteiger partial charge on any atom is -0.378 e. The first-order chi connectivity index (χ1) is 14.9. The highest BCUT2D eigenvalue weighted by Crippen LogP contribution is 2.48. The predicted molar refractivity (Wildman–Crippen MR) is 115 cm³/mol. The van der Waals surface area contributed by atoms with E-state index in [1.807, 2.05) is 0 Å². The number of carbonyl (C=O) groups is 2. The molecule has 2 aliphatic carbocycles. The van der Waals surface area contributed by atoms with Crippen molar-refractivity contribution < 1.29 is 18.7 Å². The molecule has 2 unspecified atom stereocenters. The van der Waals surface area contributed by atoms with Crippen LogP contribution in [0, 0.1) is 17.3 Å². The summed E-state index contributed by atoms with van der Waals surface area (Å²) < 4.78 is 19.5. The van der Waals surface area contributed by atoms with Gasteiger partial charge in [0.15, 0.2) is 0 Å². The Kier molecular flexibility index (Phi) is 5.78. The van der Waals surface area contributed by atoms with Gasteiger partial charge in [0.2, 0.25) is 11.8 Å². The number of carbonyl (C=O) groups excluding carboxylic acids is 2. The number of hydrogen-bond acceptors (Lipinski definition) is 4. The lowest BCUT2D eigenvalue weighted by Gasteiger charge is -2.42. The smallest absolute Gasteiger partial charge is 0.229 e. The van der Waals surface area contributed by atoms with Gasteiger partial charge in [-0.1, -0.05) is 20.3 Å². The first-order valence-corrected chi connectivity index (χ1v) is 12.5. The van der Waals surface area contributed by atoms with Gasteiger partial charge in [0.05, 0.1) is 24.1 Å². The van der Waals surface area contributed by atoms with Crippen LogP contribution in [0.2, 0.25) is 0 Å². The second-order valence-corrected chi connectivity index (χ2v) is 11.0. The monoisotopic (exact) mass is 435 g/mol. The van der Waals surface area contributed by atoms with Crippen molar-refractivity contribution in [1.29, 1.82) is 0 Å². The molecule has 3 aliphatic heterocycles. The van der Waals surface area contributed by atoms with Gasteiger partial charge in [0.25, 0.3) is 0 Å². The molecule has 0 aromatic carbocycles. The zero-order chi connectivity index (χ0) is 21.8. The number of alkyl halides is 1. The van der Waals surface area contributed by atoms with Gasteiger partial charge in [-0.15, -0.1) is 0 Å². The van der Waals surface area contributed by atoms with E-state index in [-0.39, 0.29) is 53.9 Å². The summed E-state index contributed by atoms with van der Waals surface area (Å²) in [6.07, 6.45) is 6.47. The second-order valence-electron chi connectivity index (χ2n) is 11.0. The van der Waals surface area contributed by atoms with Gasteiger partial charge in [-0.05, 0) is 50.9 Å². The van der Waals surface area contributed by atoms with Gasteiger partial charge >= 0.3 is 0 Å². The summed E-state index contributed by atoms with van der Waals surface area (Å²) in [5, 5.41) is 3.53. The Morgan fingerprint density at radius 2 is 1.84 bits per heavy atom. The lowest BCUT2D eigenvalue weighted by Crippen LogP contribution is -2.56. The molecule has 6 nitrogen and oxygen atoms in total. The molecule has 0 aromatic rings. The van der Waals surface area contributed by atoms with E-state index in [2.05, 4.69) is 29.0 Å². The maximum absolute atomic E-state index is 14.3. The average Bonchev–Trinajstić information content (AvgIpc) is 3.42. The van der Waals surface area contributed by atoms with E-state index >= 15 is 0 Å². The molecule has 0 radical (unpaired) electrons. The summed E-state index contributed by atoms with van der Waals surface area (Å²) in [4.78, 5) is 30.8. The number of nitrogens with zero attached hydrogens (tertiary/aromatic N) is 2. The Morgan fingerprint density at radius 1 is 1.10 bits per heavy atom. The third kappa shape index (κ3) is 3.69. The van der Waals surface area contributed by atoms with Crippen LogP contribution >= 0.6 is 0 Å². The van der Waals surface area contributed by atoms with E-state index in [1.54, 1.807) is 0 Å². The quantitative estimate of drug-likeness (QED) is 0.721. The van der Waals surface area contributed by atoms with Crippen LogP contribution < -0.4 is 5.32 Å². The van der Waals surface area contributed by atoms with E-state index in [4.69, 9.17) is 4.74 Å². The van der Waals surface area contributed by atoms with Gasteiger partial charge in [0, 0.05) is 37.7 Å². The maximum Gasteiger partial charge on any atom is 0.229 e. The fourth-order valence-corrected chi connectivity index (χ4v) is 6.74. The predicted octanol–water partition coefficient (Wildman–Crippen LogP) is 2.51. The van der Waals surface area contributed by atoms with Crippen LogP contribution in [0.5, 0.6) is 0 Å². The van der Waals surface area contributed by atoms with Crippen molar-refractivity contribution in [1.82, 2.24) is 15.1 Å². The van der Waals surface area contributed by atoms with E-state index in [0.717, 1.165) is 38.5 Å². The van der Waals surface area contributed by atoms with Gasteiger partial charge in [-0.25, -0.2) is 4.39 Å². The maximum atomic E-state index is 14.3. The molecule has 31 heavy (non-hydrogen) atoms. The van der Waals surface area contributed by atoms with Crippen LogP contribution in [-0.2, 0) is 14.3 Å². The Bertz CT molecular complexity index is 714. The van der Waals surface area contributed by atoms with Crippen molar-refractivity contribution in [2.45, 2.75) is 95.6 Å². The third-order valence-electron chi connectivity index (χ3n) is 9.06. The molecule has 5 aliphatic rings. The minimum atomic E-state index is -0.966. The van der Waals surface area contributed by atoms with Crippen molar-refractivity contribution in [3.05, 3.63) is 0 Å². The number of ether oxygens (including phenoxy) is 1. The standard InChI is InChI=1S/C24H38FN3O3/c1-15(2)24(8-6-17(11-24)26-21-7-9-31-14-20(21)25)23(30)28-13-18-10-19(28)12-27(18)22(29)16-4-3-5-16/h15-21,26H,3-14H2,1-2H3/t17-,18+,19+,20?,21?,24+/m1/s1. The first-order valence-electron chi connectivity index (χ1n) is 12.5. The summed E-state index contributed by atoms with van der Waals surface area (Å²) in [6, 6.07) is 0.404. The molecule has 5 fully saturated rings. The summed E-state index contributed by atoms with van der Waals surface area (Å²) in [7, 11) is 0. The van der Waals surface area contributed by atoms with E-state index in [1.165, 1.54) is 6.42 Å². The van der Waals surface area contributed by atoms with Crippen molar-refractivity contribution in [2.75, 3.05) is 26.3 Å². The molecule has 0 spiro atoms. The fraction of sp³-hybridized carbons (Fsp3) is 0.917. The molecular weight excluding hydrogens is 397 g/mol. The Balaban J connectivity index is 1.23. The molecule has 174 valence electrons. The largest absolute Gasteiger partial charge is 0.378 e. The molecule has 7 heteroatoms. The van der Waals surface area contributed by atoms with Crippen LogP contribution in [0.4, 0.5) is 4.39 Å². The molecule has 2 amide bonds. The van der Waals surface area contributed by atoms with Crippen LogP contribution in [0.25, 0.3) is 0 Å². The highest BCUT2D eigenvalue weighted by Gasteiger charge is 2.55. The normalized spacial score (nSPS) is 40.6. The topological polar surface area (TPSA) is 61.9 Å². The minimum absolute atomic E-state index is 0.161. The van der Waals surface area contributed by atoms with Crippen molar-refractivity contribution in [3.8, 4) is 0 Å². The molecule has 2 bridgehead atoms. The summed E-state index contributed by atoms with van der Waals surface area (Å²) in [5.74, 6) is 1.08. The molecule has 5 rings (SSSR count). The highest BCUT2D eigenvalue weighted by molar-refractivity contribution is 5.85. The molecule has 0 aromatic heterocycles. The van der Waals surface area contributed by atoms with Crippen molar-refractivity contribution in [2.24, 2.45) is 17.3 Å². The third-order valence-corrected chi connectivity index (χ3v) is 9.06. The van der Waals surface area contributed by atoms with Gasteiger partial charge < -0.3 is 19.9 Å². The van der Waals surface area contributed by atoms with E-state index < -0.39 is 6.17 Å². The first kappa shape index (κ1) is 21.6. The second kappa shape index (κ2) is 8.29. The molecule has 2 saturated carbocycles. The molecule has 6 atom stereocenters. The van der Waals surface area contributed by atoms with Crippen LogP contribution in [0.3, 0.4) is 0 Å². The number of likely N-dealkylation sites (tertiary alicyclic amines) is 2. The lowest BCUT2D eigenvalue weighted by molar-refractivity contribution is -0.151. The average molecular weight is 436 g/mol. The Hall–Kier alpha value is -1.21. The van der Waals surface area contributed by atoms with E-state index in [0.29, 0.717) is 32.0 Å². The number of hydrogen-bond donors (Lipinski definition) is 1. The Labute approximate surface area is 185 Å². The summed E-state index contributed by atoms with van der Waals surface area (Å²) >= 11 is 0. The molecule has 3 saturated heterocycles. The molecule has 3 heterocycles. The number of nitrogens with one attached hydrogen (secondary N) is 1. The van der Waals surface area contributed by atoms with Gasteiger partial charge in [-0.3, -0.25) is 9.59 Å². The van der Waals surface area contributed by atoms with Crippen LogP contribution in [0.15, 0.2) is 0 Å². The highest BCUT2D eigenvalue weighted by atomic mass is 19.1. The summed E-state index contributed by atoms with van der Waals surface area (Å²) in [5.41, 5.74) is -0.373. The van der Waals surface area contributed by atoms with E-state index in [9.17, 15) is 14.0 Å². The van der Waals surface area contributed by atoms with Crippen LogP contribution in [-0.4, -0.2) is 78.3 Å². The molecule has 1 N–H and O–H groups in total.